The first-order chi connectivity index (χ1) is 12.6. The molecule has 0 unspecified atom stereocenters. The highest BCUT2D eigenvalue weighted by Crippen LogP contribution is 2.24. The lowest BCUT2D eigenvalue weighted by Crippen LogP contribution is -2.23. The molecule has 1 saturated heterocycles. The normalized spacial score (nSPS) is 18.4. The summed E-state index contributed by atoms with van der Waals surface area (Å²) in [6.07, 6.45) is 3.21. The average Bonchev–Trinajstić information content (AvgIpc) is 3.21. The molecule has 26 heavy (non-hydrogen) atoms. The lowest BCUT2D eigenvalue weighted by atomic mass is 10.1. The monoisotopic (exact) mass is 346 g/mol. The van der Waals surface area contributed by atoms with Crippen molar-refractivity contribution in [1.82, 2.24) is 0 Å². The molecule has 5 nitrogen and oxygen atoms in total. The highest BCUT2D eigenvalue weighted by molar-refractivity contribution is 6.13. The molecule has 1 fully saturated rings. The van der Waals surface area contributed by atoms with Gasteiger partial charge in [0.25, 0.3) is 0 Å². The molecule has 5 heteroatoms. The Morgan fingerprint density at radius 1 is 1.12 bits per heavy atom. The summed E-state index contributed by atoms with van der Waals surface area (Å²) in [4.78, 5) is 30.0. The number of carbonyl (C=O) groups is 2. The predicted octanol–water partition coefficient (Wildman–Crippen LogP) is 3.47. The van der Waals surface area contributed by atoms with Gasteiger partial charge in [0.15, 0.2) is 5.70 Å². The van der Waals surface area contributed by atoms with Crippen LogP contribution in [-0.4, -0.2) is 24.3 Å². The summed E-state index contributed by atoms with van der Waals surface area (Å²) in [6.45, 7) is 2.74. The van der Waals surface area contributed by atoms with Crippen LogP contribution in [0, 0.1) is 6.92 Å². The summed E-state index contributed by atoms with van der Waals surface area (Å²) < 4.78 is 5.31. The number of anilines is 1. The van der Waals surface area contributed by atoms with Crippen LogP contribution < -0.4 is 4.90 Å². The number of carbonyl (C=O) groups excluding carboxylic acids is 2. The standard InChI is InChI=1S/C21H18N2O3/c1-14-4-2-5-15(12-14)13-18-21(25)26-20(22-18)16-7-9-17(10-8-16)23-11-3-6-19(23)24/h2,4-5,7-10,12-13H,3,6,11H2,1H3. The summed E-state index contributed by atoms with van der Waals surface area (Å²) in [6, 6.07) is 15.2. The zero-order valence-electron chi connectivity index (χ0n) is 14.4. The van der Waals surface area contributed by atoms with Gasteiger partial charge in [-0.15, -0.1) is 0 Å². The van der Waals surface area contributed by atoms with Crippen molar-refractivity contribution in [3.8, 4) is 0 Å². The SMILES string of the molecule is Cc1cccc(C=C2N=C(c3ccc(N4CCCC4=O)cc3)OC2=O)c1. The van der Waals surface area contributed by atoms with Crippen LogP contribution in [0.2, 0.25) is 0 Å². The summed E-state index contributed by atoms with van der Waals surface area (Å²) in [7, 11) is 0. The minimum absolute atomic E-state index is 0.144. The third-order valence-corrected chi connectivity index (χ3v) is 4.47. The maximum absolute atomic E-state index is 12.1. The second-order valence-corrected chi connectivity index (χ2v) is 6.45. The molecule has 0 N–H and O–H groups in total. The fourth-order valence-electron chi connectivity index (χ4n) is 3.16. The van der Waals surface area contributed by atoms with E-state index in [-0.39, 0.29) is 17.5 Å². The predicted molar refractivity (Wildman–Crippen MR) is 99.8 cm³/mol. The molecule has 0 bridgehead atoms. The number of aliphatic imine (C=N–C) groups is 1. The van der Waals surface area contributed by atoms with E-state index in [0.29, 0.717) is 12.0 Å². The minimum atomic E-state index is -0.458. The van der Waals surface area contributed by atoms with E-state index in [1.807, 2.05) is 55.5 Å². The molecule has 0 aliphatic carbocycles. The summed E-state index contributed by atoms with van der Waals surface area (Å²) in [5, 5.41) is 0. The van der Waals surface area contributed by atoms with Gasteiger partial charge in [0.05, 0.1) is 0 Å². The molecule has 2 aliphatic rings. The molecule has 1 amide bonds. The van der Waals surface area contributed by atoms with E-state index in [9.17, 15) is 9.59 Å². The number of benzene rings is 2. The number of ether oxygens (including phenoxy) is 1. The zero-order chi connectivity index (χ0) is 18.1. The number of hydrogen-bond donors (Lipinski definition) is 0. The molecule has 0 spiro atoms. The molecule has 4 rings (SSSR count). The van der Waals surface area contributed by atoms with Crippen LogP contribution in [0.25, 0.3) is 6.08 Å². The summed E-state index contributed by atoms with van der Waals surface area (Å²) in [5.41, 5.74) is 3.87. The number of aryl methyl sites for hydroxylation is 1. The van der Waals surface area contributed by atoms with Gasteiger partial charge in [-0.25, -0.2) is 9.79 Å². The first-order valence-corrected chi connectivity index (χ1v) is 8.60. The number of nitrogens with zero attached hydrogens (tertiary/aromatic N) is 2. The Labute approximate surface area is 151 Å². The Hall–Kier alpha value is -3.21. The maximum atomic E-state index is 12.1. The average molecular weight is 346 g/mol. The molecule has 0 saturated carbocycles. The van der Waals surface area contributed by atoms with Gasteiger partial charge in [0, 0.05) is 24.2 Å². The first kappa shape index (κ1) is 16.3. The van der Waals surface area contributed by atoms with Gasteiger partial charge >= 0.3 is 5.97 Å². The minimum Gasteiger partial charge on any atom is -0.402 e. The van der Waals surface area contributed by atoms with E-state index in [1.54, 1.807) is 11.0 Å². The van der Waals surface area contributed by atoms with E-state index in [1.165, 1.54) is 0 Å². The van der Waals surface area contributed by atoms with Crippen molar-refractivity contribution >= 4 is 29.5 Å². The third-order valence-electron chi connectivity index (χ3n) is 4.47. The lowest BCUT2D eigenvalue weighted by molar-refractivity contribution is -0.130. The number of hydrogen-bond acceptors (Lipinski definition) is 4. The quantitative estimate of drug-likeness (QED) is 0.632. The van der Waals surface area contributed by atoms with Gasteiger partial charge in [-0.2, -0.15) is 0 Å². The molecule has 2 aliphatic heterocycles. The molecular weight excluding hydrogens is 328 g/mol. The molecule has 2 heterocycles. The molecule has 130 valence electrons. The number of rotatable bonds is 3. The Balaban J connectivity index is 1.58. The number of esters is 1. The van der Waals surface area contributed by atoms with Crippen molar-refractivity contribution in [3.63, 3.8) is 0 Å². The highest BCUT2D eigenvalue weighted by Gasteiger charge is 2.25. The first-order valence-electron chi connectivity index (χ1n) is 8.60. The molecule has 2 aromatic rings. The summed E-state index contributed by atoms with van der Waals surface area (Å²) in [5.74, 6) is -0.0285. The number of cyclic esters (lactones) is 1. The van der Waals surface area contributed by atoms with E-state index in [0.717, 1.165) is 29.8 Å². The fraction of sp³-hybridized carbons (Fsp3) is 0.190. The largest absolute Gasteiger partial charge is 0.402 e. The van der Waals surface area contributed by atoms with Crippen molar-refractivity contribution in [2.45, 2.75) is 19.8 Å². The third kappa shape index (κ3) is 3.16. The van der Waals surface area contributed by atoms with E-state index in [2.05, 4.69) is 4.99 Å². The Bertz CT molecular complexity index is 942. The second-order valence-electron chi connectivity index (χ2n) is 6.45. The number of amides is 1. The van der Waals surface area contributed by atoms with Crippen LogP contribution in [0.15, 0.2) is 59.2 Å². The maximum Gasteiger partial charge on any atom is 0.363 e. The Morgan fingerprint density at radius 3 is 2.62 bits per heavy atom. The zero-order valence-corrected chi connectivity index (χ0v) is 14.4. The van der Waals surface area contributed by atoms with Gasteiger partial charge in [-0.1, -0.05) is 29.8 Å². The van der Waals surface area contributed by atoms with Gasteiger partial charge in [0.1, 0.15) is 0 Å². The van der Waals surface area contributed by atoms with Crippen LogP contribution in [0.4, 0.5) is 5.69 Å². The summed E-state index contributed by atoms with van der Waals surface area (Å²) >= 11 is 0. The molecule has 0 atom stereocenters. The van der Waals surface area contributed by atoms with Crippen molar-refractivity contribution in [3.05, 3.63) is 70.9 Å². The van der Waals surface area contributed by atoms with Gasteiger partial charge in [-0.3, -0.25) is 4.79 Å². The Kier molecular flexibility index (Phi) is 4.13. The van der Waals surface area contributed by atoms with Gasteiger partial charge in [-0.05, 0) is 49.2 Å². The van der Waals surface area contributed by atoms with E-state index in [4.69, 9.17) is 4.74 Å². The highest BCUT2D eigenvalue weighted by atomic mass is 16.6. The van der Waals surface area contributed by atoms with Gasteiger partial charge in [0.2, 0.25) is 11.8 Å². The smallest absolute Gasteiger partial charge is 0.363 e. The van der Waals surface area contributed by atoms with Crippen molar-refractivity contribution in [1.29, 1.82) is 0 Å². The van der Waals surface area contributed by atoms with E-state index >= 15 is 0 Å². The molecule has 0 aromatic heterocycles. The van der Waals surface area contributed by atoms with Crippen LogP contribution in [0.3, 0.4) is 0 Å². The topological polar surface area (TPSA) is 59.0 Å². The second kappa shape index (κ2) is 6.59. The van der Waals surface area contributed by atoms with Crippen LogP contribution in [0.1, 0.15) is 29.5 Å². The van der Waals surface area contributed by atoms with Crippen LogP contribution in [0.5, 0.6) is 0 Å². The lowest BCUT2D eigenvalue weighted by Gasteiger charge is -2.15. The molecule has 0 radical (unpaired) electrons. The Morgan fingerprint density at radius 2 is 1.92 bits per heavy atom. The molecular formula is C21H18N2O3. The van der Waals surface area contributed by atoms with Crippen LogP contribution >= 0.6 is 0 Å². The molecule has 2 aromatic carbocycles. The van der Waals surface area contributed by atoms with Crippen molar-refractivity contribution in [2.75, 3.05) is 11.4 Å². The van der Waals surface area contributed by atoms with Crippen LogP contribution in [-0.2, 0) is 14.3 Å². The van der Waals surface area contributed by atoms with E-state index < -0.39 is 5.97 Å². The fourth-order valence-corrected chi connectivity index (χ4v) is 3.16. The van der Waals surface area contributed by atoms with Crippen molar-refractivity contribution in [2.24, 2.45) is 4.99 Å². The van der Waals surface area contributed by atoms with Gasteiger partial charge < -0.3 is 9.64 Å². The van der Waals surface area contributed by atoms with Crippen molar-refractivity contribution < 1.29 is 14.3 Å².